The maximum Gasteiger partial charge on any atom is 0.242 e. The summed E-state index contributed by atoms with van der Waals surface area (Å²) in [6, 6.07) is 1.32. The van der Waals surface area contributed by atoms with Gasteiger partial charge in [-0.05, 0) is 31.7 Å². The Morgan fingerprint density at radius 2 is 2.00 bits per heavy atom. The topological polar surface area (TPSA) is 79.3 Å². The van der Waals surface area contributed by atoms with E-state index in [0.29, 0.717) is 11.5 Å². The molecule has 1 aromatic heterocycles. The van der Waals surface area contributed by atoms with Crippen molar-refractivity contribution in [2.24, 2.45) is 5.92 Å². The van der Waals surface area contributed by atoms with E-state index in [1.54, 1.807) is 0 Å². The Labute approximate surface area is 126 Å². The van der Waals surface area contributed by atoms with Gasteiger partial charge in [0.2, 0.25) is 10.0 Å². The predicted molar refractivity (Wildman–Crippen MR) is 82.1 cm³/mol. The van der Waals surface area contributed by atoms with Crippen LogP contribution in [0.15, 0.2) is 23.4 Å². The van der Waals surface area contributed by atoms with Gasteiger partial charge in [-0.15, -0.1) is 0 Å². The van der Waals surface area contributed by atoms with Crippen LogP contribution in [0.25, 0.3) is 0 Å². The van der Waals surface area contributed by atoms with Crippen LogP contribution >= 0.6 is 0 Å². The van der Waals surface area contributed by atoms with Crippen molar-refractivity contribution in [1.82, 2.24) is 9.71 Å². The number of aliphatic hydroxyl groups excluding tert-OH is 1. The SMILES string of the molecule is CC(C)CCC(C)NS(=O)(=O)c1cncc(C#CCO)c1. The Kier molecular flexibility index (Phi) is 6.82. The Morgan fingerprint density at radius 3 is 2.62 bits per heavy atom. The summed E-state index contributed by atoms with van der Waals surface area (Å²) in [6.45, 7) is 5.78. The van der Waals surface area contributed by atoms with Gasteiger partial charge in [0.1, 0.15) is 11.5 Å². The largest absolute Gasteiger partial charge is 0.384 e. The molecule has 1 heterocycles. The van der Waals surface area contributed by atoms with Crippen molar-refractivity contribution in [3.63, 3.8) is 0 Å². The maximum atomic E-state index is 12.3. The van der Waals surface area contributed by atoms with E-state index < -0.39 is 10.0 Å². The van der Waals surface area contributed by atoms with Gasteiger partial charge in [0, 0.05) is 24.0 Å². The molecule has 0 saturated carbocycles. The lowest BCUT2D eigenvalue weighted by Crippen LogP contribution is -2.32. The number of sulfonamides is 1. The van der Waals surface area contributed by atoms with Crippen LogP contribution in [0.5, 0.6) is 0 Å². The number of nitrogens with zero attached hydrogens (tertiary/aromatic N) is 1. The first kappa shape index (κ1) is 17.6. The third-order valence-electron chi connectivity index (χ3n) is 2.87. The second-order valence-electron chi connectivity index (χ2n) is 5.36. The standard InChI is InChI=1S/C15H22N2O3S/c1-12(2)6-7-13(3)17-21(19,20)15-9-14(5-4-8-18)10-16-11-15/h9-13,17-18H,6-8H2,1-3H3. The van der Waals surface area contributed by atoms with Crippen LogP contribution in [0.3, 0.4) is 0 Å². The van der Waals surface area contributed by atoms with Gasteiger partial charge in [-0.25, -0.2) is 13.1 Å². The highest BCUT2D eigenvalue weighted by molar-refractivity contribution is 7.89. The summed E-state index contributed by atoms with van der Waals surface area (Å²) in [5.74, 6) is 5.65. The smallest absolute Gasteiger partial charge is 0.242 e. The molecule has 1 atom stereocenters. The van der Waals surface area contributed by atoms with Crippen molar-refractivity contribution in [3.05, 3.63) is 24.0 Å². The highest BCUT2D eigenvalue weighted by Crippen LogP contribution is 2.12. The predicted octanol–water partition coefficient (Wildman–Crippen LogP) is 1.53. The van der Waals surface area contributed by atoms with Crippen molar-refractivity contribution in [3.8, 4) is 11.8 Å². The number of pyridine rings is 1. The minimum atomic E-state index is -3.60. The molecule has 0 aliphatic carbocycles. The van der Waals surface area contributed by atoms with E-state index in [1.165, 1.54) is 18.5 Å². The molecule has 0 bridgehead atoms. The molecule has 0 aliphatic rings. The molecule has 0 radical (unpaired) electrons. The zero-order valence-electron chi connectivity index (χ0n) is 12.6. The molecule has 0 fully saturated rings. The number of hydrogen-bond donors (Lipinski definition) is 2. The van der Waals surface area contributed by atoms with Gasteiger partial charge < -0.3 is 5.11 Å². The normalized spacial score (nSPS) is 12.8. The molecule has 2 N–H and O–H groups in total. The Bertz CT molecular complexity index is 615. The van der Waals surface area contributed by atoms with E-state index in [4.69, 9.17) is 5.11 Å². The molecule has 6 heteroatoms. The highest BCUT2D eigenvalue weighted by Gasteiger charge is 2.18. The lowest BCUT2D eigenvalue weighted by molar-refractivity contribution is 0.350. The van der Waals surface area contributed by atoms with Crippen LogP contribution in [0, 0.1) is 17.8 Å². The van der Waals surface area contributed by atoms with Gasteiger partial charge in [0.15, 0.2) is 0 Å². The fourth-order valence-electron chi connectivity index (χ4n) is 1.75. The molecule has 1 aromatic rings. The summed E-state index contributed by atoms with van der Waals surface area (Å²) in [4.78, 5) is 3.97. The molecule has 0 amide bonds. The number of nitrogens with one attached hydrogen (secondary N) is 1. The Morgan fingerprint density at radius 1 is 1.29 bits per heavy atom. The molecule has 5 nitrogen and oxygen atoms in total. The summed E-state index contributed by atoms with van der Waals surface area (Å²) in [5, 5.41) is 8.65. The van der Waals surface area contributed by atoms with E-state index in [9.17, 15) is 8.42 Å². The lowest BCUT2D eigenvalue weighted by atomic mass is 10.1. The molecular weight excluding hydrogens is 288 g/mol. The first-order valence-corrected chi connectivity index (χ1v) is 8.40. The summed E-state index contributed by atoms with van der Waals surface area (Å²) in [7, 11) is -3.60. The van der Waals surface area contributed by atoms with Crippen LogP contribution in [0.1, 0.15) is 39.2 Å². The zero-order valence-corrected chi connectivity index (χ0v) is 13.4. The number of rotatable bonds is 6. The van der Waals surface area contributed by atoms with Gasteiger partial charge >= 0.3 is 0 Å². The third kappa shape index (κ3) is 6.25. The van der Waals surface area contributed by atoms with E-state index in [2.05, 4.69) is 35.4 Å². The fourth-order valence-corrected chi connectivity index (χ4v) is 3.02. The van der Waals surface area contributed by atoms with Gasteiger partial charge in [-0.3, -0.25) is 4.98 Å². The fraction of sp³-hybridized carbons (Fsp3) is 0.533. The van der Waals surface area contributed by atoms with Gasteiger partial charge in [0.25, 0.3) is 0 Å². The first-order chi connectivity index (χ1) is 9.85. The first-order valence-electron chi connectivity index (χ1n) is 6.92. The second kappa shape index (κ2) is 8.13. The van der Waals surface area contributed by atoms with Crippen molar-refractivity contribution >= 4 is 10.0 Å². The van der Waals surface area contributed by atoms with E-state index in [1.807, 2.05) is 6.92 Å². The molecule has 0 aromatic carbocycles. The quantitative estimate of drug-likeness (QED) is 0.781. The lowest BCUT2D eigenvalue weighted by Gasteiger charge is -2.15. The number of aromatic nitrogens is 1. The molecular formula is C15H22N2O3S. The van der Waals surface area contributed by atoms with Crippen LogP contribution in [-0.4, -0.2) is 31.2 Å². The van der Waals surface area contributed by atoms with Crippen LogP contribution < -0.4 is 4.72 Å². The van der Waals surface area contributed by atoms with Crippen molar-refractivity contribution < 1.29 is 13.5 Å². The summed E-state index contributed by atoms with van der Waals surface area (Å²) >= 11 is 0. The molecule has 21 heavy (non-hydrogen) atoms. The summed E-state index contributed by atoms with van der Waals surface area (Å²) in [5.41, 5.74) is 0.460. The van der Waals surface area contributed by atoms with Crippen molar-refractivity contribution in [2.45, 2.75) is 44.6 Å². The average Bonchev–Trinajstić information content (AvgIpc) is 2.43. The monoisotopic (exact) mass is 310 g/mol. The summed E-state index contributed by atoms with van der Waals surface area (Å²) in [6.07, 6.45) is 4.50. The molecule has 116 valence electrons. The third-order valence-corrected chi connectivity index (χ3v) is 4.43. The summed E-state index contributed by atoms with van der Waals surface area (Å²) < 4.78 is 27.2. The van der Waals surface area contributed by atoms with Gasteiger partial charge in [0.05, 0.1) is 0 Å². The van der Waals surface area contributed by atoms with E-state index in [-0.39, 0.29) is 17.5 Å². The molecule has 1 rings (SSSR count). The Balaban J connectivity index is 2.83. The van der Waals surface area contributed by atoms with Gasteiger partial charge in [-0.1, -0.05) is 25.7 Å². The second-order valence-corrected chi connectivity index (χ2v) is 7.08. The minimum absolute atomic E-state index is 0.0867. The molecule has 0 saturated heterocycles. The van der Waals surface area contributed by atoms with Crippen LogP contribution in [-0.2, 0) is 10.0 Å². The zero-order chi connectivity index (χ0) is 15.9. The van der Waals surface area contributed by atoms with Crippen LogP contribution in [0.4, 0.5) is 0 Å². The average molecular weight is 310 g/mol. The molecule has 1 unspecified atom stereocenters. The maximum absolute atomic E-state index is 12.3. The Hall–Kier alpha value is -1.42. The number of aliphatic hydroxyl groups is 1. The number of hydrogen-bond acceptors (Lipinski definition) is 4. The van der Waals surface area contributed by atoms with Crippen LogP contribution in [0.2, 0.25) is 0 Å². The van der Waals surface area contributed by atoms with Crippen molar-refractivity contribution in [2.75, 3.05) is 6.61 Å². The van der Waals surface area contributed by atoms with Crippen molar-refractivity contribution in [1.29, 1.82) is 0 Å². The van der Waals surface area contributed by atoms with E-state index in [0.717, 1.165) is 12.8 Å². The van der Waals surface area contributed by atoms with E-state index >= 15 is 0 Å². The molecule has 0 aliphatic heterocycles. The minimum Gasteiger partial charge on any atom is -0.384 e. The van der Waals surface area contributed by atoms with Gasteiger partial charge in [-0.2, -0.15) is 0 Å². The highest BCUT2D eigenvalue weighted by atomic mass is 32.2. The molecule has 0 spiro atoms.